The lowest BCUT2D eigenvalue weighted by molar-refractivity contribution is -0.153. The summed E-state index contributed by atoms with van der Waals surface area (Å²) < 4.78 is 18.4. The van der Waals surface area contributed by atoms with E-state index in [1.165, 1.54) is 23.5 Å². The Morgan fingerprint density at radius 1 is 1.23 bits per heavy atom. The molecule has 0 unspecified atom stereocenters. The van der Waals surface area contributed by atoms with Crippen LogP contribution in [-0.4, -0.2) is 18.5 Å². The van der Waals surface area contributed by atoms with Crippen LogP contribution >= 0.6 is 11.3 Å². The van der Waals surface area contributed by atoms with Gasteiger partial charge in [-0.15, -0.1) is 11.3 Å². The number of hydrogen-bond acceptors (Lipinski definition) is 4. The minimum atomic E-state index is -0.403. The number of ether oxygens (including phenoxy) is 1. The van der Waals surface area contributed by atoms with E-state index in [1.54, 1.807) is 12.1 Å². The number of esters is 1. The molecular weight excluding hydrogens is 353 g/mol. The van der Waals surface area contributed by atoms with Crippen LogP contribution in [-0.2, 0) is 14.3 Å². The van der Waals surface area contributed by atoms with Crippen LogP contribution in [0.25, 0.3) is 0 Å². The molecule has 0 spiro atoms. The van der Waals surface area contributed by atoms with Crippen molar-refractivity contribution in [2.75, 3.05) is 6.61 Å². The molecule has 0 saturated heterocycles. The first-order valence-corrected chi connectivity index (χ1v) is 9.41. The summed E-state index contributed by atoms with van der Waals surface area (Å²) in [5.74, 6) is -1.22. The second-order valence-corrected chi connectivity index (χ2v) is 7.14. The van der Waals surface area contributed by atoms with Crippen molar-refractivity contribution in [1.82, 2.24) is 5.32 Å². The van der Waals surface area contributed by atoms with E-state index in [4.69, 9.17) is 4.74 Å². The Bertz CT molecular complexity index is 771. The zero-order valence-corrected chi connectivity index (χ0v) is 15.0. The van der Waals surface area contributed by atoms with E-state index in [-0.39, 0.29) is 30.2 Å². The van der Waals surface area contributed by atoms with Gasteiger partial charge in [-0.25, -0.2) is 4.39 Å². The zero-order chi connectivity index (χ0) is 18.4. The topological polar surface area (TPSA) is 55.4 Å². The van der Waals surface area contributed by atoms with E-state index >= 15 is 0 Å². The highest BCUT2D eigenvalue weighted by atomic mass is 32.1. The van der Waals surface area contributed by atoms with Gasteiger partial charge in [-0.3, -0.25) is 9.59 Å². The quantitative estimate of drug-likeness (QED) is 0.615. The number of allylic oxidation sites excluding steroid dienone is 2. The van der Waals surface area contributed by atoms with Crippen LogP contribution in [0.3, 0.4) is 0 Å². The number of rotatable bonds is 6. The number of carbonyl (C=O) groups excluding carboxylic acids is 2. The molecule has 1 amide bonds. The fraction of sp³-hybridized carbons (Fsp3) is 0.300. The van der Waals surface area contributed by atoms with Gasteiger partial charge in [0.05, 0.1) is 12.0 Å². The summed E-state index contributed by atoms with van der Waals surface area (Å²) in [5.41, 5.74) is 0.769. The summed E-state index contributed by atoms with van der Waals surface area (Å²) >= 11 is 1.50. The highest BCUT2D eigenvalue weighted by Gasteiger charge is 2.22. The predicted octanol–water partition coefficient (Wildman–Crippen LogP) is 3.99. The van der Waals surface area contributed by atoms with Gasteiger partial charge in [0.1, 0.15) is 5.82 Å². The second-order valence-electron chi connectivity index (χ2n) is 6.16. The van der Waals surface area contributed by atoms with Crippen molar-refractivity contribution in [3.8, 4) is 0 Å². The molecule has 4 nitrogen and oxygen atoms in total. The SMILES string of the molecule is O=C(COC(=O)[C@@H]1CC=CCC1)N[C@H](c1ccc(F)cc1)c1cccs1. The van der Waals surface area contributed by atoms with Gasteiger partial charge < -0.3 is 10.1 Å². The molecule has 0 fully saturated rings. The third-order valence-electron chi connectivity index (χ3n) is 4.28. The smallest absolute Gasteiger partial charge is 0.309 e. The normalized spacial score (nSPS) is 17.5. The molecule has 0 saturated carbocycles. The van der Waals surface area contributed by atoms with E-state index in [2.05, 4.69) is 5.32 Å². The molecule has 6 heteroatoms. The number of nitrogens with one attached hydrogen (secondary N) is 1. The first-order valence-electron chi connectivity index (χ1n) is 8.53. The Morgan fingerprint density at radius 3 is 2.69 bits per heavy atom. The van der Waals surface area contributed by atoms with Gasteiger partial charge in [0.15, 0.2) is 6.61 Å². The number of thiophene rings is 1. The van der Waals surface area contributed by atoms with Crippen LogP contribution in [0.4, 0.5) is 4.39 Å². The van der Waals surface area contributed by atoms with E-state index in [0.717, 1.165) is 23.3 Å². The lowest BCUT2D eigenvalue weighted by atomic mass is 9.95. The van der Waals surface area contributed by atoms with E-state index < -0.39 is 6.04 Å². The number of halogens is 1. The molecule has 1 N–H and O–H groups in total. The molecule has 3 rings (SSSR count). The van der Waals surface area contributed by atoms with Crippen molar-refractivity contribution in [1.29, 1.82) is 0 Å². The van der Waals surface area contributed by atoms with Crippen molar-refractivity contribution in [3.63, 3.8) is 0 Å². The third kappa shape index (κ3) is 4.79. The van der Waals surface area contributed by atoms with Gasteiger partial charge in [0.2, 0.25) is 0 Å². The fourth-order valence-electron chi connectivity index (χ4n) is 2.89. The van der Waals surface area contributed by atoms with Crippen LogP contribution < -0.4 is 5.32 Å². The largest absolute Gasteiger partial charge is 0.455 e. The molecule has 1 aromatic heterocycles. The number of hydrogen-bond donors (Lipinski definition) is 1. The molecule has 136 valence electrons. The Balaban J connectivity index is 1.61. The van der Waals surface area contributed by atoms with Gasteiger partial charge >= 0.3 is 5.97 Å². The molecule has 1 heterocycles. The Kier molecular flexibility index (Phi) is 6.17. The highest BCUT2D eigenvalue weighted by molar-refractivity contribution is 7.10. The maximum absolute atomic E-state index is 13.2. The van der Waals surface area contributed by atoms with Gasteiger partial charge in [-0.05, 0) is 48.4 Å². The molecule has 1 aromatic carbocycles. The van der Waals surface area contributed by atoms with Crippen molar-refractivity contribution < 1.29 is 18.7 Å². The van der Waals surface area contributed by atoms with Gasteiger partial charge in [-0.2, -0.15) is 0 Å². The average Bonchev–Trinajstić information content (AvgIpc) is 3.20. The number of amides is 1. The molecule has 0 bridgehead atoms. The molecule has 1 aliphatic carbocycles. The summed E-state index contributed by atoms with van der Waals surface area (Å²) in [5, 5.41) is 4.78. The average molecular weight is 373 g/mol. The van der Waals surface area contributed by atoms with Crippen LogP contribution in [0.1, 0.15) is 35.7 Å². The number of benzene rings is 1. The Hall–Kier alpha value is -2.47. The molecule has 2 aromatic rings. The summed E-state index contributed by atoms with van der Waals surface area (Å²) in [4.78, 5) is 25.3. The fourth-order valence-corrected chi connectivity index (χ4v) is 3.70. The summed E-state index contributed by atoms with van der Waals surface area (Å²) in [6.07, 6.45) is 6.29. The maximum Gasteiger partial charge on any atom is 0.309 e. The van der Waals surface area contributed by atoms with E-state index in [0.29, 0.717) is 6.42 Å². The van der Waals surface area contributed by atoms with Crippen molar-refractivity contribution in [2.24, 2.45) is 5.92 Å². The number of carbonyl (C=O) groups is 2. The van der Waals surface area contributed by atoms with Crippen molar-refractivity contribution in [3.05, 3.63) is 70.2 Å². The third-order valence-corrected chi connectivity index (χ3v) is 5.22. The monoisotopic (exact) mass is 373 g/mol. The van der Waals surface area contributed by atoms with Crippen LogP contribution in [0.2, 0.25) is 0 Å². The molecule has 1 aliphatic rings. The molecule has 2 atom stereocenters. The summed E-state index contributed by atoms with van der Waals surface area (Å²) in [7, 11) is 0. The minimum Gasteiger partial charge on any atom is -0.455 e. The molecular formula is C20H20FNO3S. The van der Waals surface area contributed by atoms with Crippen molar-refractivity contribution >= 4 is 23.2 Å². The molecule has 26 heavy (non-hydrogen) atoms. The summed E-state index contributed by atoms with van der Waals surface area (Å²) in [6, 6.07) is 9.39. The summed E-state index contributed by atoms with van der Waals surface area (Å²) in [6.45, 7) is -0.317. The molecule has 0 radical (unpaired) electrons. The lowest BCUT2D eigenvalue weighted by Crippen LogP contribution is -2.33. The molecule has 0 aliphatic heterocycles. The predicted molar refractivity (Wildman–Crippen MR) is 98.1 cm³/mol. The van der Waals surface area contributed by atoms with Gasteiger partial charge in [0.25, 0.3) is 5.91 Å². The maximum atomic E-state index is 13.2. The van der Waals surface area contributed by atoms with Gasteiger partial charge in [-0.1, -0.05) is 30.4 Å². The Morgan fingerprint density at radius 2 is 2.04 bits per heavy atom. The Labute approximate surface area is 155 Å². The van der Waals surface area contributed by atoms with Crippen LogP contribution in [0, 0.1) is 11.7 Å². The van der Waals surface area contributed by atoms with E-state index in [9.17, 15) is 14.0 Å². The first kappa shape index (κ1) is 18.3. The first-order chi connectivity index (χ1) is 12.6. The lowest BCUT2D eigenvalue weighted by Gasteiger charge is -2.19. The van der Waals surface area contributed by atoms with E-state index in [1.807, 2.05) is 29.7 Å². The minimum absolute atomic E-state index is 0.169. The van der Waals surface area contributed by atoms with Crippen LogP contribution in [0.5, 0.6) is 0 Å². The highest BCUT2D eigenvalue weighted by Crippen LogP contribution is 2.26. The van der Waals surface area contributed by atoms with Crippen LogP contribution in [0.15, 0.2) is 53.9 Å². The standard InChI is InChI=1S/C20H20FNO3S/c21-16-10-8-14(9-11-16)19(17-7-4-12-26-17)22-18(23)13-25-20(24)15-5-2-1-3-6-15/h1-2,4,7-12,15,19H,3,5-6,13H2,(H,22,23)/t15-,19-/m1/s1. The van der Waals surface area contributed by atoms with Crippen molar-refractivity contribution in [2.45, 2.75) is 25.3 Å². The second kappa shape index (κ2) is 8.76. The van der Waals surface area contributed by atoms with Gasteiger partial charge in [0, 0.05) is 4.88 Å². The zero-order valence-electron chi connectivity index (χ0n) is 14.2.